The Morgan fingerprint density at radius 3 is 1.27 bits per heavy atom. The Labute approximate surface area is 178 Å². The van der Waals surface area contributed by atoms with Gasteiger partial charge in [-0.1, -0.05) is 27.7 Å². The summed E-state index contributed by atoms with van der Waals surface area (Å²) in [5.41, 5.74) is 0. The molecule has 0 radical (unpaired) electrons. The Balaban J connectivity index is 4.70. The molecule has 0 unspecified atom stereocenters. The van der Waals surface area contributed by atoms with Crippen LogP contribution >= 0.6 is 0 Å². The van der Waals surface area contributed by atoms with E-state index in [1.807, 2.05) is 27.7 Å². The Morgan fingerprint density at radius 2 is 1.03 bits per heavy atom. The van der Waals surface area contributed by atoms with Crippen LogP contribution in [0.25, 0.3) is 0 Å². The average molecular weight is 429 g/mol. The zero-order valence-electron chi connectivity index (χ0n) is 19.2. The summed E-state index contributed by atoms with van der Waals surface area (Å²) < 4.78 is 10.3. The zero-order valence-corrected chi connectivity index (χ0v) is 19.2. The Morgan fingerprint density at radius 1 is 0.733 bits per heavy atom. The number of nitrogens with one attached hydrogen (secondary N) is 2. The fourth-order valence-corrected chi connectivity index (χ4v) is 2.72. The molecular formula is C20H36N4O6. The van der Waals surface area contributed by atoms with Gasteiger partial charge >= 0.3 is 24.0 Å². The first-order chi connectivity index (χ1) is 14.0. The third-order valence-corrected chi connectivity index (χ3v) is 4.75. The molecule has 0 aromatic heterocycles. The normalized spacial score (nSPS) is 13.0. The number of amides is 4. The maximum absolute atomic E-state index is 11.9. The summed E-state index contributed by atoms with van der Waals surface area (Å²) in [5, 5.41) is 5.04. The highest BCUT2D eigenvalue weighted by atomic mass is 16.5. The molecule has 0 saturated carbocycles. The van der Waals surface area contributed by atoms with Gasteiger partial charge < -0.3 is 29.9 Å². The summed E-state index contributed by atoms with van der Waals surface area (Å²) in [4.78, 5) is 50.3. The fraction of sp³-hybridized carbons (Fsp3) is 0.700. The van der Waals surface area contributed by atoms with Crippen LogP contribution in [0.15, 0.2) is 12.2 Å². The van der Waals surface area contributed by atoms with Crippen molar-refractivity contribution in [2.24, 2.45) is 11.8 Å². The third-order valence-electron chi connectivity index (χ3n) is 4.75. The largest absolute Gasteiger partial charge is 0.460 e. The Bertz CT molecular complexity index is 568. The van der Waals surface area contributed by atoms with Crippen LogP contribution in [0.1, 0.15) is 27.7 Å². The maximum atomic E-state index is 11.9. The molecule has 172 valence electrons. The molecule has 0 saturated heterocycles. The summed E-state index contributed by atoms with van der Waals surface area (Å²) in [6, 6.07) is -1.21. The van der Waals surface area contributed by atoms with Crippen LogP contribution in [0.5, 0.6) is 0 Å². The van der Waals surface area contributed by atoms with Gasteiger partial charge in [0.05, 0.1) is 12.1 Å². The van der Waals surface area contributed by atoms with Crippen LogP contribution < -0.4 is 10.6 Å². The van der Waals surface area contributed by atoms with Crippen molar-refractivity contribution in [3.8, 4) is 0 Å². The molecular weight excluding hydrogens is 392 g/mol. The lowest BCUT2D eigenvalue weighted by Crippen LogP contribution is -2.47. The van der Waals surface area contributed by atoms with Crippen LogP contribution in [-0.4, -0.2) is 87.3 Å². The molecule has 30 heavy (non-hydrogen) atoms. The summed E-state index contributed by atoms with van der Waals surface area (Å²) >= 11 is 0. The molecule has 0 spiro atoms. The van der Waals surface area contributed by atoms with E-state index in [0.717, 1.165) is 12.2 Å². The lowest BCUT2D eigenvalue weighted by atomic mass is 10.0. The molecule has 0 aromatic carbocycles. The summed E-state index contributed by atoms with van der Waals surface area (Å²) in [6.45, 7) is 7.62. The summed E-state index contributed by atoms with van der Waals surface area (Å²) in [7, 11) is 6.27. The minimum atomic E-state index is -0.717. The van der Waals surface area contributed by atoms with Crippen molar-refractivity contribution < 1.29 is 28.7 Å². The zero-order chi connectivity index (χ0) is 23.4. The van der Waals surface area contributed by atoms with Gasteiger partial charge in [0, 0.05) is 40.3 Å². The second-order valence-electron chi connectivity index (χ2n) is 7.55. The van der Waals surface area contributed by atoms with Crippen molar-refractivity contribution in [3.05, 3.63) is 12.2 Å². The van der Waals surface area contributed by atoms with Crippen molar-refractivity contribution in [2.45, 2.75) is 39.8 Å². The molecule has 0 fully saturated rings. The van der Waals surface area contributed by atoms with Gasteiger partial charge in [-0.25, -0.2) is 19.2 Å². The summed E-state index contributed by atoms with van der Waals surface area (Å²) in [5.74, 6) is -1.32. The first-order valence-corrected chi connectivity index (χ1v) is 9.86. The highest BCUT2D eigenvalue weighted by Crippen LogP contribution is 2.11. The molecule has 0 aliphatic carbocycles. The molecule has 10 heteroatoms. The van der Waals surface area contributed by atoms with E-state index in [-0.39, 0.29) is 49.2 Å². The van der Waals surface area contributed by atoms with E-state index in [1.54, 1.807) is 14.1 Å². The van der Waals surface area contributed by atoms with Crippen molar-refractivity contribution in [1.29, 1.82) is 0 Å². The van der Waals surface area contributed by atoms with E-state index in [2.05, 4.69) is 10.6 Å². The van der Waals surface area contributed by atoms with Crippen LogP contribution in [0.2, 0.25) is 0 Å². The number of hydrogen-bond donors (Lipinski definition) is 2. The van der Waals surface area contributed by atoms with Crippen molar-refractivity contribution in [3.63, 3.8) is 0 Å². The third kappa shape index (κ3) is 9.15. The number of rotatable bonds is 10. The Kier molecular flexibility index (Phi) is 12.2. The molecule has 10 nitrogen and oxygen atoms in total. The number of carbonyl (C=O) groups excluding carboxylic acids is 4. The minimum absolute atomic E-state index is 0.00778. The van der Waals surface area contributed by atoms with E-state index in [0.29, 0.717) is 0 Å². The van der Waals surface area contributed by atoms with Gasteiger partial charge in [0.25, 0.3) is 0 Å². The minimum Gasteiger partial charge on any atom is -0.460 e. The number of hydrogen-bond acceptors (Lipinski definition) is 6. The average Bonchev–Trinajstić information content (AvgIpc) is 2.70. The number of carbonyl (C=O) groups is 4. The van der Waals surface area contributed by atoms with E-state index < -0.39 is 11.9 Å². The topological polar surface area (TPSA) is 117 Å². The molecule has 4 amide bonds. The number of esters is 2. The highest BCUT2D eigenvalue weighted by Gasteiger charge is 2.25. The molecule has 0 aliphatic heterocycles. The number of likely N-dealkylation sites (N-methyl/N-ethyl adjacent to an activating group) is 2. The monoisotopic (exact) mass is 428 g/mol. The lowest BCUT2D eigenvalue weighted by Gasteiger charge is -2.30. The molecule has 0 aliphatic rings. The molecule has 0 heterocycles. The van der Waals surface area contributed by atoms with Crippen LogP contribution in [0.4, 0.5) is 9.59 Å². The molecule has 0 bridgehead atoms. The van der Waals surface area contributed by atoms with E-state index in [9.17, 15) is 19.2 Å². The van der Waals surface area contributed by atoms with E-state index in [4.69, 9.17) is 9.47 Å². The number of nitrogens with zero attached hydrogens (tertiary/aromatic N) is 2. The van der Waals surface area contributed by atoms with E-state index >= 15 is 0 Å². The predicted octanol–water partition coefficient (Wildman–Crippen LogP) is 1.22. The van der Waals surface area contributed by atoms with Gasteiger partial charge in [-0.05, 0) is 11.8 Å². The smallest absolute Gasteiger partial charge is 0.331 e. The Hall–Kier alpha value is -2.78. The van der Waals surface area contributed by atoms with Gasteiger partial charge in [-0.3, -0.25) is 0 Å². The second kappa shape index (κ2) is 13.4. The van der Waals surface area contributed by atoms with Crippen LogP contribution in [-0.2, 0) is 19.1 Å². The van der Waals surface area contributed by atoms with E-state index in [1.165, 1.54) is 23.9 Å². The molecule has 0 aromatic rings. The first kappa shape index (κ1) is 27.2. The lowest BCUT2D eigenvalue weighted by molar-refractivity contribution is -0.142. The van der Waals surface area contributed by atoms with Crippen molar-refractivity contribution in [2.75, 3.05) is 41.4 Å². The van der Waals surface area contributed by atoms with Gasteiger partial charge in [-0.15, -0.1) is 0 Å². The SMILES string of the molecule is CNC(=O)N(C)[C@@H](COC(=O)/C=C/C(=O)OC[C@@H](C(C)C)N(C)C(=O)NC)C(C)C. The van der Waals surface area contributed by atoms with Crippen LogP contribution in [0, 0.1) is 11.8 Å². The molecule has 2 atom stereocenters. The van der Waals surface area contributed by atoms with Gasteiger partial charge in [0.15, 0.2) is 0 Å². The van der Waals surface area contributed by atoms with Crippen molar-refractivity contribution in [1.82, 2.24) is 20.4 Å². The van der Waals surface area contributed by atoms with Crippen LogP contribution in [0.3, 0.4) is 0 Å². The maximum Gasteiger partial charge on any atom is 0.331 e. The quantitative estimate of drug-likeness (QED) is 0.399. The molecule has 2 N–H and O–H groups in total. The molecule has 0 rings (SSSR count). The standard InChI is InChI=1S/C20H36N4O6/c1-13(2)15(23(7)19(27)21-5)11-29-17(25)9-10-18(26)30-12-16(14(3)4)24(8)20(28)22-6/h9-10,13-16H,11-12H2,1-8H3,(H,21,27)(H,22,28)/b10-9+/t15-,16-/m0/s1. The van der Waals surface area contributed by atoms with Crippen molar-refractivity contribution >= 4 is 24.0 Å². The first-order valence-electron chi connectivity index (χ1n) is 9.86. The van der Waals surface area contributed by atoms with Gasteiger partial charge in [-0.2, -0.15) is 0 Å². The number of urea groups is 2. The van der Waals surface area contributed by atoms with Gasteiger partial charge in [0.1, 0.15) is 13.2 Å². The predicted molar refractivity (Wildman–Crippen MR) is 113 cm³/mol. The fourth-order valence-electron chi connectivity index (χ4n) is 2.72. The number of ether oxygens (including phenoxy) is 2. The summed E-state index contributed by atoms with van der Waals surface area (Å²) in [6.07, 6.45) is 1.96. The van der Waals surface area contributed by atoms with Gasteiger partial charge in [0.2, 0.25) is 0 Å². The highest BCUT2D eigenvalue weighted by molar-refractivity contribution is 5.91. The second-order valence-corrected chi connectivity index (χ2v) is 7.55.